The van der Waals surface area contributed by atoms with E-state index in [2.05, 4.69) is 4.98 Å². The van der Waals surface area contributed by atoms with Gasteiger partial charge in [-0.1, -0.05) is 0 Å². The van der Waals surface area contributed by atoms with Crippen LogP contribution in [0.4, 0.5) is 4.39 Å². The lowest BCUT2D eigenvalue weighted by atomic mass is 10.2. The number of carboxylic acid groups (broad SMARTS) is 1. The summed E-state index contributed by atoms with van der Waals surface area (Å²) in [6, 6.07) is 7.22. The van der Waals surface area contributed by atoms with Crippen LogP contribution in [0.2, 0.25) is 0 Å². The van der Waals surface area contributed by atoms with Crippen molar-refractivity contribution in [2.75, 3.05) is 0 Å². The Labute approximate surface area is 103 Å². The molecule has 0 saturated carbocycles. The highest BCUT2D eigenvalue weighted by Crippen LogP contribution is 2.17. The van der Waals surface area contributed by atoms with Crippen LogP contribution in [-0.4, -0.2) is 16.1 Å². The fourth-order valence-corrected chi connectivity index (χ4v) is 1.40. The average molecular weight is 247 g/mol. The number of pyridine rings is 1. The van der Waals surface area contributed by atoms with Crippen LogP contribution < -0.4 is 4.74 Å². The first-order valence-corrected chi connectivity index (χ1v) is 5.21. The molecule has 1 heterocycles. The van der Waals surface area contributed by atoms with Gasteiger partial charge in [0.25, 0.3) is 0 Å². The highest BCUT2D eigenvalue weighted by molar-refractivity contribution is 5.88. The average Bonchev–Trinajstić information content (AvgIpc) is 2.37. The SMILES string of the molecule is O=C(O)c1ccc(OCc2ccncc2)cc1F. The molecule has 1 aromatic heterocycles. The molecular weight excluding hydrogens is 237 g/mol. The minimum Gasteiger partial charge on any atom is -0.489 e. The molecule has 5 heteroatoms. The Bertz CT molecular complexity index is 557. The predicted octanol–water partition coefficient (Wildman–Crippen LogP) is 2.50. The molecular formula is C13H10FNO3. The molecule has 0 spiro atoms. The van der Waals surface area contributed by atoms with Crippen LogP contribution in [0, 0.1) is 5.82 Å². The van der Waals surface area contributed by atoms with Gasteiger partial charge in [-0.25, -0.2) is 9.18 Å². The van der Waals surface area contributed by atoms with E-state index < -0.39 is 11.8 Å². The van der Waals surface area contributed by atoms with Crippen molar-refractivity contribution in [3.63, 3.8) is 0 Å². The minimum atomic E-state index is -1.30. The number of hydrogen-bond acceptors (Lipinski definition) is 3. The largest absolute Gasteiger partial charge is 0.489 e. The van der Waals surface area contributed by atoms with Crippen molar-refractivity contribution >= 4 is 5.97 Å². The number of ether oxygens (including phenoxy) is 1. The molecule has 1 N–H and O–H groups in total. The number of carbonyl (C=O) groups is 1. The maximum Gasteiger partial charge on any atom is 0.338 e. The molecule has 1 aromatic carbocycles. The summed E-state index contributed by atoms with van der Waals surface area (Å²) in [7, 11) is 0. The van der Waals surface area contributed by atoms with E-state index >= 15 is 0 Å². The van der Waals surface area contributed by atoms with Crippen molar-refractivity contribution in [3.8, 4) is 5.75 Å². The Kier molecular flexibility index (Phi) is 3.52. The summed E-state index contributed by atoms with van der Waals surface area (Å²) in [5.41, 5.74) is 0.527. The van der Waals surface area contributed by atoms with E-state index in [1.165, 1.54) is 12.1 Å². The first-order chi connectivity index (χ1) is 8.66. The molecule has 0 aliphatic heterocycles. The fraction of sp³-hybridized carbons (Fsp3) is 0.0769. The van der Waals surface area contributed by atoms with Gasteiger partial charge in [-0.3, -0.25) is 4.98 Å². The number of halogens is 1. The van der Waals surface area contributed by atoms with E-state index in [1.807, 2.05) is 0 Å². The second-order valence-corrected chi connectivity index (χ2v) is 3.59. The highest BCUT2D eigenvalue weighted by atomic mass is 19.1. The quantitative estimate of drug-likeness (QED) is 0.901. The van der Waals surface area contributed by atoms with Gasteiger partial charge in [0.2, 0.25) is 0 Å². The van der Waals surface area contributed by atoms with Crippen LogP contribution in [0.3, 0.4) is 0 Å². The molecule has 0 aliphatic rings. The number of aromatic carboxylic acids is 1. The molecule has 0 fully saturated rings. The van der Waals surface area contributed by atoms with E-state index in [-0.39, 0.29) is 17.9 Å². The van der Waals surface area contributed by atoms with Crippen molar-refractivity contribution in [2.45, 2.75) is 6.61 Å². The van der Waals surface area contributed by atoms with Gasteiger partial charge in [-0.15, -0.1) is 0 Å². The van der Waals surface area contributed by atoms with Crippen LogP contribution >= 0.6 is 0 Å². The zero-order valence-electron chi connectivity index (χ0n) is 9.34. The summed E-state index contributed by atoms with van der Waals surface area (Å²) in [6.45, 7) is 0.272. The third-order valence-corrected chi connectivity index (χ3v) is 2.33. The van der Waals surface area contributed by atoms with Crippen molar-refractivity contribution in [1.29, 1.82) is 0 Å². The summed E-state index contributed by atoms with van der Waals surface area (Å²) < 4.78 is 18.7. The number of benzene rings is 1. The summed E-state index contributed by atoms with van der Waals surface area (Å²) in [5.74, 6) is -1.82. The lowest BCUT2D eigenvalue weighted by molar-refractivity contribution is 0.0692. The molecule has 0 saturated heterocycles. The first-order valence-electron chi connectivity index (χ1n) is 5.21. The molecule has 0 radical (unpaired) electrons. The molecule has 0 aliphatic carbocycles. The first kappa shape index (κ1) is 12.0. The van der Waals surface area contributed by atoms with Crippen LogP contribution in [0.1, 0.15) is 15.9 Å². The van der Waals surface area contributed by atoms with E-state index in [9.17, 15) is 9.18 Å². The maximum atomic E-state index is 13.4. The monoisotopic (exact) mass is 247 g/mol. The van der Waals surface area contributed by atoms with Gasteiger partial charge in [-0.2, -0.15) is 0 Å². The Hall–Kier alpha value is -2.43. The van der Waals surface area contributed by atoms with Gasteiger partial charge in [-0.05, 0) is 29.8 Å². The number of hydrogen-bond donors (Lipinski definition) is 1. The van der Waals surface area contributed by atoms with Crippen molar-refractivity contribution in [3.05, 3.63) is 59.7 Å². The van der Waals surface area contributed by atoms with Crippen LogP contribution in [-0.2, 0) is 6.61 Å². The van der Waals surface area contributed by atoms with Gasteiger partial charge >= 0.3 is 5.97 Å². The van der Waals surface area contributed by atoms with Crippen LogP contribution in [0.15, 0.2) is 42.7 Å². The topological polar surface area (TPSA) is 59.4 Å². The van der Waals surface area contributed by atoms with Gasteiger partial charge in [0.1, 0.15) is 18.2 Å². The molecule has 18 heavy (non-hydrogen) atoms. The molecule has 4 nitrogen and oxygen atoms in total. The van der Waals surface area contributed by atoms with Crippen LogP contribution in [0.25, 0.3) is 0 Å². The lowest BCUT2D eigenvalue weighted by Crippen LogP contribution is -2.01. The van der Waals surface area contributed by atoms with Gasteiger partial charge in [0.05, 0.1) is 5.56 Å². The summed E-state index contributed by atoms with van der Waals surface area (Å²) >= 11 is 0. The van der Waals surface area contributed by atoms with Gasteiger partial charge in [0.15, 0.2) is 0 Å². The highest BCUT2D eigenvalue weighted by Gasteiger charge is 2.10. The maximum absolute atomic E-state index is 13.4. The third kappa shape index (κ3) is 2.82. The Morgan fingerprint density at radius 3 is 2.61 bits per heavy atom. The number of carboxylic acids is 1. The number of aromatic nitrogens is 1. The van der Waals surface area contributed by atoms with Crippen LogP contribution in [0.5, 0.6) is 5.75 Å². The number of rotatable bonds is 4. The Balaban J connectivity index is 2.07. The van der Waals surface area contributed by atoms with E-state index in [0.717, 1.165) is 11.6 Å². The minimum absolute atomic E-state index is 0.272. The molecule has 0 amide bonds. The van der Waals surface area contributed by atoms with Gasteiger partial charge < -0.3 is 9.84 Å². The van der Waals surface area contributed by atoms with Crippen molar-refractivity contribution < 1.29 is 19.0 Å². The smallest absolute Gasteiger partial charge is 0.338 e. The van der Waals surface area contributed by atoms with E-state index in [1.54, 1.807) is 24.5 Å². The fourth-order valence-electron chi connectivity index (χ4n) is 1.40. The molecule has 0 atom stereocenters. The van der Waals surface area contributed by atoms with Crippen molar-refractivity contribution in [2.24, 2.45) is 0 Å². The molecule has 92 valence electrons. The zero-order valence-corrected chi connectivity index (χ0v) is 9.34. The Morgan fingerprint density at radius 2 is 2.00 bits per heavy atom. The second-order valence-electron chi connectivity index (χ2n) is 3.59. The standard InChI is InChI=1S/C13H10FNO3/c14-12-7-10(1-2-11(12)13(16)17)18-8-9-3-5-15-6-4-9/h1-7H,8H2,(H,16,17). The Morgan fingerprint density at radius 1 is 1.28 bits per heavy atom. The zero-order chi connectivity index (χ0) is 13.0. The molecule has 0 bridgehead atoms. The summed E-state index contributed by atoms with van der Waals surface area (Å²) in [4.78, 5) is 14.5. The lowest BCUT2D eigenvalue weighted by Gasteiger charge is -2.06. The summed E-state index contributed by atoms with van der Waals surface area (Å²) in [6.07, 6.45) is 3.26. The molecule has 2 aromatic rings. The molecule has 2 rings (SSSR count). The van der Waals surface area contributed by atoms with Crippen molar-refractivity contribution in [1.82, 2.24) is 4.98 Å². The van der Waals surface area contributed by atoms with Gasteiger partial charge in [0, 0.05) is 18.5 Å². The number of nitrogens with zero attached hydrogens (tertiary/aromatic N) is 1. The predicted molar refractivity (Wildman–Crippen MR) is 61.9 cm³/mol. The summed E-state index contributed by atoms with van der Waals surface area (Å²) in [5, 5.41) is 8.68. The third-order valence-electron chi connectivity index (χ3n) is 2.33. The molecule has 0 unspecified atom stereocenters. The normalized spacial score (nSPS) is 10.1. The van der Waals surface area contributed by atoms with E-state index in [4.69, 9.17) is 9.84 Å². The second kappa shape index (κ2) is 5.27. The van der Waals surface area contributed by atoms with E-state index in [0.29, 0.717) is 0 Å².